The molecule has 28 heavy (non-hydrogen) atoms. The van der Waals surface area contributed by atoms with Crippen molar-refractivity contribution in [2.24, 2.45) is 0 Å². The summed E-state index contributed by atoms with van der Waals surface area (Å²) in [4.78, 5) is 19.6. The summed E-state index contributed by atoms with van der Waals surface area (Å²) >= 11 is 0. The van der Waals surface area contributed by atoms with Crippen LogP contribution < -0.4 is 5.32 Å². The van der Waals surface area contributed by atoms with E-state index < -0.39 is 0 Å². The highest BCUT2D eigenvalue weighted by atomic mass is 16.5. The Balaban J connectivity index is 1.47. The van der Waals surface area contributed by atoms with E-state index in [-0.39, 0.29) is 11.9 Å². The lowest BCUT2D eigenvalue weighted by Crippen LogP contribution is -2.44. The minimum absolute atomic E-state index is 0.00933. The number of hydrogen-bond donors (Lipinski definition) is 1. The van der Waals surface area contributed by atoms with Crippen molar-refractivity contribution in [3.8, 4) is 5.69 Å². The average molecular weight is 378 g/mol. The van der Waals surface area contributed by atoms with Crippen LogP contribution in [0.3, 0.4) is 0 Å². The van der Waals surface area contributed by atoms with Gasteiger partial charge in [-0.05, 0) is 30.3 Å². The molecule has 0 saturated carbocycles. The van der Waals surface area contributed by atoms with Crippen LogP contribution in [0, 0.1) is 0 Å². The van der Waals surface area contributed by atoms with Crippen molar-refractivity contribution >= 4 is 5.91 Å². The number of nitrogens with one attached hydrogen (secondary N) is 1. The van der Waals surface area contributed by atoms with Crippen LogP contribution in [0.1, 0.15) is 22.1 Å². The van der Waals surface area contributed by atoms with E-state index in [1.165, 1.54) is 0 Å². The minimum Gasteiger partial charge on any atom is -0.379 e. The molecule has 1 aliphatic heterocycles. The number of hydrogen-bond acceptors (Lipinski definition) is 6. The maximum atomic E-state index is 12.8. The normalized spacial score (nSPS) is 15.9. The lowest BCUT2D eigenvalue weighted by molar-refractivity contribution is 0.0154. The van der Waals surface area contributed by atoms with E-state index in [0.717, 1.165) is 24.5 Å². The van der Waals surface area contributed by atoms with Gasteiger partial charge in [-0.1, -0.05) is 12.1 Å². The van der Waals surface area contributed by atoms with E-state index in [9.17, 15) is 4.79 Å². The first-order valence-corrected chi connectivity index (χ1v) is 9.27. The smallest absolute Gasteiger partial charge is 0.251 e. The van der Waals surface area contributed by atoms with Crippen molar-refractivity contribution < 1.29 is 9.53 Å². The molecular formula is C20H22N6O2. The number of carbonyl (C=O) groups excluding carboxylic acids is 1. The van der Waals surface area contributed by atoms with E-state index >= 15 is 0 Å². The number of aromatic nitrogens is 4. The zero-order valence-electron chi connectivity index (χ0n) is 15.4. The van der Waals surface area contributed by atoms with Crippen LogP contribution >= 0.6 is 0 Å². The summed E-state index contributed by atoms with van der Waals surface area (Å²) in [6.07, 6.45) is 4.99. The van der Waals surface area contributed by atoms with Crippen molar-refractivity contribution in [3.05, 3.63) is 72.6 Å². The molecule has 1 unspecified atom stereocenters. The highest BCUT2D eigenvalue weighted by Crippen LogP contribution is 2.19. The molecule has 1 amide bonds. The second-order valence-corrected chi connectivity index (χ2v) is 6.55. The summed E-state index contributed by atoms with van der Waals surface area (Å²) in [6, 6.07) is 13.3. The zero-order valence-corrected chi connectivity index (χ0v) is 15.4. The molecule has 8 nitrogen and oxygen atoms in total. The Morgan fingerprint density at radius 1 is 1.11 bits per heavy atom. The van der Waals surface area contributed by atoms with Crippen molar-refractivity contribution in [1.29, 1.82) is 0 Å². The Hall–Kier alpha value is -3.10. The molecule has 0 aliphatic carbocycles. The molecule has 1 saturated heterocycles. The maximum Gasteiger partial charge on any atom is 0.251 e. The van der Waals surface area contributed by atoms with Gasteiger partial charge >= 0.3 is 0 Å². The van der Waals surface area contributed by atoms with E-state index in [0.29, 0.717) is 25.3 Å². The first-order valence-electron chi connectivity index (χ1n) is 9.27. The van der Waals surface area contributed by atoms with Crippen LogP contribution in [0.4, 0.5) is 0 Å². The van der Waals surface area contributed by atoms with Crippen molar-refractivity contribution in [2.45, 2.75) is 6.04 Å². The number of carbonyl (C=O) groups is 1. The van der Waals surface area contributed by atoms with E-state index in [2.05, 4.69) is 25.4 Å². The number of benzene rings is 1. The quantitative estimate of drug-likeness (QED) is 0.699. The van der Waals surface area contributed by atoms with Gasteiger partial charge < -0.3 is 10.1 Å². The third kappa shape index (κ3) is 4.24. The highest BCUT2D eigenvalue weighted by molar-refractivity contribution is 5.94. The lowest BCUT2D eigenvalue weighted by Gasteiger charge is -2.34. The molecule has 2 aromatic heterocycles. The molecule has 0 radical (unpaired) electrons. The summed E-state index contributed by atoms with van der Waals surface area (Å²) in [5.41, 5.74) is 2.38. The van der Waals surface area contributed by atoms with E-state index in [1.807, 2.05) is 36.4 Å². The number of morpholine rings is 1. The maximum absolute atomic E-state index is 12.8. The van der Waals surface area contributed by atoms with Crippen molar-refractivity contribution in [1.82, 2.24) is 30.0 Å². The molecule has 8 heteroatoms. The van der Waals surface area contributed by atoms with E-state index in [4.69, 9.17) is 4.74 Å². The van der Waals surface area contributed by atoms with Crippen LogP contribution in [0.2, 0.25) is 0 Å². The van der Waals surface area contributed by atoms with Gasteiger partial charge in [0.15, 0.2) is 0 Å². The van der Waals surface area contributed by atoms with Crippen molar-refractivity contribution in [3.63, 3.8) is 0 Å². The molecule has 1 aromatic carbocycles. The SMILES string of the molecule is O=C(NCC(c1ccccn1)N1CCOCC1)c1cccc(-n2cnnc2)c1. The molecule has 1 fully saturated rings. The fourth-order valence-corrected chi connectivity index (χ4v) is 3.32. The molecule has 0 spiro atoms. The van der Waals surface area contributed by atoms with Gasteiger partial charge in [-0.3, -0.25) is 19.2 Å². The first kappa shape index (κ1) is 18.3. The van der Waals surface area contributed by atoms with Gasteiger partial charge in [-0.15, -0.1) is 10.2 Å². The summed E-state index contributed by atoms with van der Waals surface area (Å²) in [5.74, 6) is -0.121. The zero-order chi connectivity index (χ0) is 19.2. The van der Waals surface area contributed by atoms with Gasteiger partial charge in [-0.25, -0.2) is 0 Å². The van der Waals surface area contributed by atoms with Gasteiger partial charge in [0.05, 0.1) is 24.9 Å². The van der Waals surface area contributed by atoms with Crippen LogP contribution in [-0.2, 0) is 4.74 Å². The van der Waals surface area contributed by atoms with Gasteiger partial charge in [0.1, 0.15) is 12.7 Å². The second-order valence-electron chi connectivity index (χ2n) is 6.55. The lowest BCUT2D eigenvalue weighted by atomic mass is 10.1. The molecular weight excluding hydrogens is 356 g/mol. The molecule has 1 aliphatic rings. The third-order valence-corrected chi connectivity index (χ3v) is 4.80. The number of ether oxygens (including phenoxy) is 1. The number of amides is 1. The largest absolute Gasteiger partial charge is 0.379 e. The highest BCUT2D eigenvalue weighted by Gasteiger charge is 2.24. The summed E-state index contributed by atoms with van der Waals surface area (Å²) in [5, 5.41) is 10.7. The Labute approximate surface area is 163 Å². The predicted molar refractivity (Wildman–Crippen MR) is 103 cm³/mol. The topological polar surface area (TPSA) is 85.2 Å². The Kier molecular flexibility index (Phi) is 5.69. The number of nitrogens with zero attached hydrogens (tertiary/aromatic N) is 5. The molecule has 0 bridgehead atoms. The number of pyridine rings is 1. The third-order valence-electron chi connectivity index (χ3n) is 4.80. The predicted octanol–water partition coefficient (Wildman–Crippen LogP) is 1.47. The summed E-state index contributed by atoms with van der Waals surface area (Å²) in [6.45, 7) is 3.50. The van der Waals surface area contributed by atoms with Gasteiger partial charge in [0.2, 0.25) is 0 Å². The van der Waals surface area contributed by atoms with E-state index in [1.54, 1.807) is 29.5 Å². The fourth-order valence-electron chi connectivity index (χ4n) is 3.32. The Bertz CT molecular complexity index is 894. The van der Waals surface area contributed by atoms with Crippen LogP contribution in [0.5, 0.6) is 0 Å². The first-order chi connectivity index (χ1) is 13.8. The Morgan fingerprint density at radius 3 is 2.68 bits per heavy atom. The number of rotatable bonds is 6. The van der Waals surface area contributed by atoms with Crippen LogP contribution in [0.15, 0.2) is 61.3 Å². The standard InChI is InChI=1S/C20H22N6O2/c27-20(16-4-3-5-17(12-16)26-14-23-24-15-26)22-13-19(18-6-1-2-7-21-18)25-8-10-28-11-9-25/h1-7,12,14-15,19H,8-11,13H2,(H,22,27). The Morgan fingerprint density at radius 2 is 1.93 bits per heavy atom. The molecule has 1 atom stereocenters. The molecule has 144 valence electrons. The molecule has 1 N–H and O–H groups in total. The summed E-state index contributed by atoms with van der Waals surface area (Å²) in [7, 11) is 0. The molecule has 3 aromatic rings. The summed E-state index contributed by atoms with van der Waals surface area (Å²) < 4.78 is 7.23. The van der Waals surface area contributed by atoms with Gasteiger partial charge in [0, 0.05) is 37.1 Å². The van der Waals surface area contributed by atoms with Crippen LogP contribution in [-0.4, -0.2) is 63.4 Å². The second kappa shape index (κ2) is 8.73. The van der Waals surface area contributed by atoms with Gasteiger partial charge in [0.25, 0.3) is 5.91 Å². The molecule has 3 heterocycles. The van der Waals surface area contributed by atoms with Crippen molar-refractivity contribution in [2.75, 3.05) is 32.8 Å². The van der Waals surface area contributed by atoms with Gasteiger partial charge in [-0.2, -0.15) is 0 Å². The minimum atomic E-state index is -0.121. The average Bonchev–Trinajstić information content (AvgIpc) is 3.30. The van der Waals surface area contributed by atoms with Crippen LogP contribution in [0.25, 0.3) is 5.69 Å². The monoisotopic (exact) mass is 378 g/mol. The molecule has 4 rings (SSSR count). The fraction of sp³-hybridized carbons (Fsp3) is 0.300.